The van der Waals surface area contributed by atoms with Crippen molar-refractivity contribution in [3.63, 3.8) is 0 Å². The first-order valence-electron chi connectivity index (χ1n) is 7.32. The Labute approximate surface area is 126 Å². The molecule has 0 bridgehead atoms. The number of benzene rings is 1. The molecular weight excluding hydrogens is 280 g/mol. The van der Waals surface area contributed by atoms with Crippen LogP contribution in [-0.2, 0) is 0 Å². The van der Waals surface area contributed by atoms with Crippen molar-refractivity contribution in [3.8, 4) is 5.69 Å². The summed E-state index contributed by atoms with van der Waals surface area (Å²) in [6.07, 6.45) is 2.56. The lowest BCUT2D eigenvalue weighted by atomic mass is 10.3. The van der Waals surface area contributed by atoms with E-state index in [1.807, 2.05) is 30.3 Å². The molecule has 0 unspecified atom stereocenters. The maximum absolute atomic E-state index is 12.2. The summed E-state index contributed by atoms with van der Waals surface area (Å²) in [5.41, 5.74) is 1.26. The van der Waals surface area contributed by atoms with Crippen molar-refractivity contribution in [2.45, 2.75) is 12.5 Å². The average Bonchev–Trinajstić information content (AvgIpc) is 3.18. The van der Waals surface area contributed by atoms with Crippen LogP contribution in [0.15, 0.2) is 41.3 Å². The Bertz CT molecular complexity index is 847. The molecule has 112 valence electrons. The Morgan fingerprint density at radius 2 is 2.14 bits per heavy atom. The van der Waals surface area contributed by atoms with Crippen molar-refractivity contribution in [3.05, 3.63) is 46.9 Å². The molecule has 4 rings (SSSR count). The summed E-state index contributed by atoms with van der Waals surface area (Å²) >= 11 is 0. The zero-order chi connectivity index (χ0) is 14.9. The first-order valence-corrected chi connectivity index (χ1v) is 7.32. The van der Waals surface area contributed by atoms with Crippen LogP contribution in [0.25, 0.3) is 16.7 Å². The number of hydrogen-bond donors (Lipinski definition) is 3. The highest BCUT2D eigenvalue weighted by Crippen LogP contribution is 2.15. The number of H-pyrrole nitrogens is 1. The third-order valence-corrected chi connectivity index (χ3v) is 3.84. The highest BCUT2D eigenvalue weighted by Gasteiger charge is 2.17. The first-order chi connectivity index (χ1) is 10.8. The molecule has 0 saturated carbocycles. The number of nitrogens with one attached hydrogen (secondary N) is 3. The molecule has 1 aliphatic rings. The summed E-state index contributed by atoms with van der Waals surface area (Å²) in [5.74, 6) is 0.490. The van der Waals surface area contributed by atoms with Gasteiger partial charge < -0.3 is 10.6 Å². The highest BCUT2D eigenvalue weighted by atomic mass is 16.1. The van der Waals surface area contributed by atoms with Gasteiger partial charge in [-0.25, -0.2) is 4.68 Å². The van der Waals surface area contributed by atoms with Crippen molar-refractivity contribution in [2.75, 3.05) is 18.4 Å². The minimum absolute atomic E-state index is 0.180. The number of fused-ring (bicyclic) bond motifs is 1. The fourth-order valence-corrected chi connectivity index (χ4v) is 2.72. The summed E-state index contributed by atoms with van der Waals surface area (Å²) in [6.45, 7) is 1.85. The summed E-state index contributed by atoms with van der Waals surface area (Å²) in [5, 5.41) is 11.3. The van der Waals surface area contributed by atoms with Gasteiger partial charge in [-0.2, -0.15) is 10.1 Å². The van der Waals surface area contributed by atoms with Crippen LogP contribution in [0.3, 0.4) is 0 Å². The van der Waals surface area contributed by atoms with Crippen LogP contribution in [-0.4, -0.2) is 38.9 Å². The quantitative estimate of drug-likeness (QED) is 0.668. The second-order valence-electron chi connectivity index (χ2n) is 5.38. The molecular formula is C15H16N6O. The van der Waals surface area contributed by atoms with Crippen LogP contribution in [0.5, 0.6) is 0 Å². The molecule has 1 aromatic carbocycles. The van der Waals surface area contributed by atoms with E-state index in [0.717, 1.165) is 25.2 Å². The molecule has 0 radical (unpaired) electrons. The maximum atomic E-state index is 12.2. The van der Waals surface area contributed by atoms with Crippen molar-refractivity contribution in [2.24, 2.45) is 0 Å². The minimum atomic E-state index is -0.180. The molecule has 1 fully saturated rings. The molecule has 22 heavy (non-hydrogen) atoms. The molecule has 3 heterocycles. The van der Waals surface area contributed by atoms with E-state index in [0.29, 0.717) is 17.0 Å². The fraction of sp³-hybridized carbons (Fsp3) is 0.267. The summed E-state index contributed by atoms with van der Waals surface area (Å²) in [6, 6.07) is 9.95. The van der Waals surface area contributed by atoms with E-state index in [4.69, 9.17) is 0 Å². The predicted octanol–water partition coefficient (Wildman–Crippen LogP) is 0.883. The SMILES string of the molecule is O=c1[nH]c(N[C@H]2CCNC2)nc2c1cnn2-c1ccccc1. The molecule has 0 amide bonds. The predicted molar refractivity (Wildman–Crippen MR) is 84.4 cm³/mol. The van der Waals surface area contributed by atoms with Gasteiger partial charge in [0.15, 0.2) is 5.65 Å². The van der Waals surface area contributed by atoms with Gasteiger partial charge >= 0.3 is 0 Å². The van der Waals surface area contributed by atoms with E-state index in [9.17, 15) is 4.79 Å². The van der Waals surface area contributed by atoms with Gasteiger partial charge in [-0.05, 0) is 25.1 Å². The van der Waals surface area contributed by atoms with Crippen LogP contribution in [0, 0.1) is 0 Å². The molecule has 0 aliphatic carbocycles. The lowest BCUT2D eigenvalue weighted by Gasteiger charge is -2.11. The van der Waals surface area contributed by atoms with Gasteiger partial charge in [0, 0.05) is 12.6 Å². The lowest BCUT2D eigenvalue weighted by Crippen LogP contribution is -2.25. The molecule has 1 saturated heterocycles. The third kappa shape index (κ3) is 2.25. The normalized spacial score (nSPS) is 17.9. The Morgan fingerprint density at radius 3 is 2.91 bits per heavy atom. The second kappa shape index (κ2) is 5.27. The van der Waals surface area contributed by atoms with E-state index in [1.54, 1.807) is 10.9 Å². The monoisotopic (exact) mass is 296 g/mol. The highest BCUT2D eigenvalue weighted by molar-refractivity contribution is 5.76. The smallest absolute Gasteiger partial charge is 0.263 e. The van der Waals surface area contributed by atoms with Gasteiger partial charge in [-0.1, -0.05) is 18.2 Å². The van der Waals surface area contributed by atoms with Crippen molar-refractivity contribution < 1.29 is 0 Å². The number of rotatable bonds is 3. The maximum Gasteiger partial charge on any atom is 0.263 e. The van der Waals surface area contributed by atoms with E-state index in [-0.39, 0.29) is 11.6 Å². The van der Waals surface area contributed by atoms with Crippen molar-refractivity contribution in [1.29, 1.82) is 0 Å². The Kier molecular flexibility index (Phi) is 3.12. The molecule has 3 N–H and O–H groups in total. The zero-order valence-electron chi connectivity index (χ0n) is 11.9. The van der Waals surface area contributed by atoms with Gasteiger partial charge in [0.2, 0.25) is 5.95 Å². The second-order valence-corrected chi connectivity index (χ2v) is 5.38. The van der Waals surface area contributed by atoms with E-state index in [1.165, 1.54) is 0 Å². The molecule has 1 aliphatic heterocycles. The van der Waals surface area contributed by atoms with E-state index >= 15 is 0 Å². The Balaban J connectivity index is 1.79. The van der Waals surface area contributed by atoms with Gasteiger partial charge in [0.1, 0.15) is 5.39 Å². The number of para-hydroxylation sites is 1. The number of hydrogen-bond acceptors (Lipinski definition) is 5. The average molecular weight is 296 g/mol. The topological polar surface area (TPSA) is 87.6 Å². The number of anilines is 1. The van der Waals surface area contributed by atoms with Crippen LogP contribution >= 0.6 is 0 Å². The minimum Gasteiger partial charge on any atom is -0.352 e. The van der Waals surface area contributed by atoms with Gasteiger partial charge in [0.05, 0.1) is 11.9 Å². The molecule has 7 nitrogen and oxygen atoms in total. The summed E-state index contributed by atoms with van der Waals surface area (Å²) < 4.78 is 1.68. The number of aromatic nitrogens is 4. The lowest BCUT2D eigenvalue weighted by molar-refractivity contribution is 0.779. The summed E-state index contributed by atoms with van der Waals surface area (Å²) in [4.78, 5) is 19.5. The van der Waals surface area contributed by atoms with Gasteiger partial charge in [-0.15, -0.1) is 0 Å². The zero-order valence-corrected chi connectivity index (χ0v) is 11.9. The molecule has 3 aromatic rings. The molecule has 2 aromatic heterocycles. The Morgan fingerprint density at radius 1 is 1.27 bits per heavy atom. The fourth-order valence-electron chi connectivity index (χ4n) is 2.72. The molecule has 1 atom stereocenters. The largest absolute Gasteiger partial charge is 0.352 e. The summed E-state index contributed by atoms with van der Waals surface area (Å²) in [7, 11) is 0. The number of aromatic amines is 1. The van der Waals surface area contributed by atoms with E-state index < -0.39 is 0 Å². The van der Waals surface area contributed by atoms with Gasteiger partial charge in [0.25, 0.3) is 5.56 Å². The standard InChI is InChI=1S/C15H16N6O/c22-14-12-9-17-21(11-4-2-1-3-5-11)13(12)19-15(20-14)18-10-6-7-16-8-10/h1-5,9-10,16H,6-8H2,(H2,18,19,20,22)/t10-/m0/s1. The van der Waals surface area contributed by atoms with Crippen LogP contribution < -0.4 is 16.2 Å². The Hall–Kier alpha value is -2.67. The number of nitrogens with zero attached hydrogens (tertiary/aromatic N) is 3. The van der Waals surface area contributed by atoms with E-state index in [2.05, 4.69) is 25.7 Å². The van der Waals surface area contributed by atoms with Crippen molar-refractivity contribution in [1.82, 2.24) is 25.1 Å². The molecule has 7 heteroatoms. The van der Waals surface area contributed by atoms with Crippen molar-refractivity contribution >= 4 is 17.0 Å². The first kappa shape index (κ1) is 13.0. The third-order valence-electron chi connectivity index (χ3n) is 3.84. The van der Waals surface area contributed by atoms with Crippen LogP contribution in [0.4, 0.5) is 5.95 Å². The van der Waals surface area contributed by atoms with Gasteiger partial charge in [-0.3, -0.25) is 9.78 Å². The molecule has 0 spiro atoms. The van der Waals surface area contributed by atoms with Crippen LogP contribution in [0.1, 0.15) is 6.42 Å². The van der Waals surface area contributed by atoms with Crippen LogP contribution in [0.2, 0.25) is 0 Å².